The number of ether oxygens (including phenoxy) is 1. The predicted molar refractivity (Wildman–Crippen MR) is 60.9 cm³/mol. The van der Waals surface area contributed by atoms with Gasteiger partial charge >= 0.3 is 0 Å². The smallest absolute Gasteiger partial charge is 0.165 e. The Kier molecular flexibility index (Phi) is 5.95. The van der Waals surface area contributed by atoms with E-state index in [0.29, 0.717) is 19.1 Å². The Labute approximate surface area is 96.4 Å². The molecule has 0 amide bonds. The second-order valence-corrected chi connectivity index (χ2v) is 4.17. The number of aryl methyl sites for hydroxylation is 1. The summed E-state index contributed by atoms with van der Waals surface area (Å²) >= 11 is 0. The third kappa shape index (κ3) is 4.67. The van der Waals surface area contributed by atoms with Gasteiger partial charge in [-0.15, -0.1) is 5.10 Å². The summed E-state index contributed by atoms with van der Waals surface area (Å²) in [6.07, 6.45) is 1.09. The highest BCUT2D eigenvalue weighted by atomic mass is 16.5. The molecule has 1 aromatic rings. The molecule has 0 spiro atoms. The molecule has 0 aromatic carbocycles. The molecular formula is C10H21N5O. The topological polar surface area (TPSA) is 64.9 Å². The van der Waals surface area contributed by atoms with E-state index in [4.69, 9.17) is 4.74 Å². The van der Waals surface area contributed by atoms with Gasteiger partial charge in [-0.3, -0.25) is 0 Å². The van der Waals surface area contributed by atoms with Crippen molar-refractivity contribution in [3.63, 3.8) is 0 Å². The molecule has 6 heteroatoms. The van der Waals surface area contributed by atoms with Crippen LogP contribution in [-0.2, 0) is 17.8 Å². The second kappa shape index (κ2) is 7.29. The summed E-state index contributed by atoms with van der Waals surface area (Å²) < 4.78 is 6.81. The lowest BCUT2D eigenvalue weighted by Crippen LogP contribution is -2.21. The zero-order valence-electron chi connectivity index (χ0n) is 10.3. The van der Waals surface area contributed by atoms with Gasteiger partial charge in [-0.05, 0) is 22.8 Å². The molecule has 0 aliphatic carbocycles. The van der Waals surface area contributed by atoms with Crippen molar-refractivity contribution < 1.29 is 4.74 Å². The largest absolute Gasteiger partial charge is 0.383 e. The van der Waals surface area contributed by atoms with Crippen molar-refractivity contribution in [3.05, 3.63) is 5.82 Å². The maximum atomic E-state index is 4.95. The van der Waals surface area contributed by atoms with Crippen LogP contribution in [0.15, 0.2) is 0 Å². The van der Waals surface area contributed by atoms with Gasteiger partial charge < -0.3 is 10.1 Å². The first-order valence-corrected chi connectivity index (χ1v) is 5.68. The number of nitrogens with zero attached hydrogens (tertiary/aromatic N) is 4. The summed E-state index contributed by atoms with van der Waals surface area (Å²) in [7, 11) is 1.69. The first-order chi connectivity index (χ1) is 7.74. The van der Waals surface area contributed by atoms with E-state index >= 15 is 0 Å². The number of methoxy groups -OCH3 is 1. The monoisotopic (exact) mass is 227 g/mol. The molecule has 6 nitrogen and oxygen atoms in total. The lowest BCUT2D eigenvalue weighted by Gasteiger charge is -2.07. The van der Waals surface area contributed by atoms with Crippen LogP contribution in [0.2, 0.25) is 0 Å². The molecule has 1 aromatic heterocycles. The van der Waals surface area contributed by atoms with Crippen molar-refractivity contribution in [2.75, 3.05) is 20.3 Å². The van der Waals surface area contributed by atoms with Gasteiger partial charge in [0.05, 0.1) is 13.2 Å². The van der Waals surface area contributed by atoms with E-state index in [1.807, 2.05) is 4.68 Å². The van der Waals surface area contributed by atoms with Crippen LogP contribution in [0.1, 0.15) is 26.1 Å². The normalized spacial score (nSPS) is 11.2. The molecule has 16 heavy (non-hydrogen) atoms. The average molecular weight is 227 g/mol. The maximum Gasteiger partial charge on any atom is 0.165 e. The van der Waals surface area contributed by atoms with Crippen LogP contribution in [0.3, 0.4) is 0 Å². The van der Waals surface area contributed by atoms with E-state index in [0.717, 1.165) is 25.3 Å². The molecule has 0 saturated carbocycles. The average Bonchev–Trinajstić information content (AvgIpc) is 2.69. The fraction of sp³-hybridized carbons (Fsp3) is 0.900. The molecule has 92 valence electrons. The highest BCUT2D eigenvalue weighted by molar-refractivity contribution is 4.79. The van der Waals surface area contributed by atoms with Crippen LogP contribution < -0.4 is 5.32 Å². The summed E-state index contributed by atoms with van der Waals surface area (Å²) in [5.41, 5.74) is 0. The predicted octanol–water partition coefficient (Wildman–Crippen LogP) is 0.455. The van der Waals surface area contributed by atoms with Gasteiger partial charge in [-0.25, -0.2) is 4.68 Å². The summed E-state index contributed by atoms with van der Waals surface area (Å²) in [5, 5.41) is 14.9. The van der Waals surface area contributed by atoms with Crippen molar-refractivity contribution in [3.8, 4) is 0 Å². The number of nitrogens with one attached hydrogen (secondary N) is 1. The van der Waals surface area contributed by atoms with E-state index in [-0.39, 0.29) is 0 Å². The summed E-state index contributed by atoms with van der Waals surface area (Å²) in [5.74, 6) is 1.55. The number of tetrazole rings is 1. The lowest BCUT2D eigenvalue weighted by molar-refractivity contribution is 0.198. The van der Waals surface area contributed by atoms with Gasteiger partial charge in [-0.2, -0.15) is 0 Å². The minimum Gasteiger partial charge on any atom is -0.383 e. The summed E-state index contributed by atoms with van der Waals surface area (Å²) in [6, 6.07) is 0. The zero-order valence-corrected chi connectivity index (χ0v) is 10.3. The third-order valence-electron chi connectivity index (χ3n) is 2.29. The van der Waals surface area contributed by atoms with Gasteiger partial charge in [0.2, 0.25) is 0 Å². The highest BCUT2D eigenvalue weighted by Crippen LogP contribution is 2.02. The van der Waals surface area contributed by atoms with Gasteiger partial charge in [0, 0.05) is 20.2 Å². The Bertz CT molecular complexity index is 286. The third-order valence-corrected chi connectivity index (χ3v) is 2.29. The Hall–Kier alpha value is -1.01. The van der Waals surface area contributed by atoms with Gasteiger partial charge in [0.15, 0.2) is 5.82 Å². The standard InChI is InChI=1S/C10H21N5O/c1-9(2)4-6-15-10(12-13-14-15)8-11-5-7-16-3/h9,11H,4-8H2,1-3H3. The molecule has 0 unspecified atom stereocenters. The molecule has 1 rings (SSSR count). The Morgan fingerprint density at radius 3 is 2.94 bits per heavy atom. The fourth-order valence-electron chi connectivity index (χ4n) is 1.28. The molecule has 0 atom stereocenters. The molecule has 1 N–H and O–H groups in total. The Balaban J connectivity index is 2.32. The quantitative estimate of drug-likeness (QED) is 0.653. The minimum atomic E-state index is 0.665. The summed E-state index contributed by atoms with van der Waals surface area (Å²) in [6.45, 7) is 7.48. The van der Waals surface area contributed by atoms with Crippen LogP contribution in [0.4, 0.5) is 0 Å². The second-order valence-electron chi connectivity index (χ2n) is 4.17. The molecule has 0 radical (unpaired) electrons. The molecule has 1 heterocycles. The molecule has 0 aliphatic rings. The highest BCUT2D eigenvalue weighted by Gasteiger charge is 2.05. The van der Waals surface area contributed by atoms with E-state index in [2.05, 4.69) is 34.7 Å². The number of hydrogen-bond donors (Lipinski definition) is 1. The lowest BCUT2D eigenvalue weighted by atomic mass is 10.1. The maximum absolute atomic E-state index is 4.95. The number of hydrogen-bond acceptors (Lipinski definition) is 5. The fourth-order valence-corrected chi connectivity index (χ4v) is 1.28. The van der Waals surface area contributed by atoms with Crippen LogP contribution in [0.5, 0.6) is 0 Å². The van der Waals surface area contributed by atoms with Crippen molar-refractivity contribution in [1.82, 2.24) is 25.5 Å². The Morgan fingerprint density at radius 1 is 1.44 bits per heavy atom. The number of aromatic nitrogens is 4. The van der Waals surface area contributed by atoms with E-state index in [1.54, 1.807) is 7.11 Å². The van der Waals surface area contributed by atoms with Crippen molar-refractivity contribution >= 4 is 0 Å². The van der Waals surface area contributed by atoms with Crippen LogP contribution in [-0.4, -0.2) is 40.5 Å². The summed E-state index contributed by atoms with van der Waals surface area (Å²) in [4.78, 5) is 0. The van der Waals surface area contributed by atoms with E-state index < -0.39 is 0 Å². The minimum absolute atomic E-state index is 0.665. The molecular weight excluding hydrogens is 206 g/mol. The first kappa shape index (κ1) is 13.1. The molecule has 0 aliphatic heterocycles. The van der Waals surface area contributed by atoms with Gasteiger partial charge in [0.1, 0.15) is 0 Å². The van der Waals surface area contributed by atoms with Crippen molar-refractivity contribution in [2.24, 2.45) is 5.92 Å². The molecule has 0 saturated heterocycles. The van der Waals surface area contributed by atoms with Crippen molar-refractivity contribution in [2.45, 2.75) is 33.4 Å². The van der Waals surface area contributed by atoms with Crippen LogP contribution >= 0.6 is 0 Å². The first-order valence-electron chi connectivity index (χ1n) is 5.68. The van der Waals surface area contributed by atoms with Gasteiger partial charge in [-0.1, -0.05) is 13.8 Å². The van der Waals surface area contributed by atoms with E-state index in [9.17, 15) is 0 Å². The van der Waals surface area contributed by atoms with E-state index in [1.165, 1.54) is 0 Å². The van der Waals surface area contributed by atoms with Gasteiger partial charge in [0.25, 0.3) is 0 Å². The molecule has 0 fully saturated rings. The number of rotatable bonds is 8. The van der Waals surface area contributed by atoms with Crippen molar-refractivity contribution in [1.29, 1.82) is 0 Å². The van der Waals surface area contributed by atoms with Crippen LogP contribution in [0, 0.1) is 5.92 Å². The van der Waals surface area contributed by atoms with Crippen LogP contribution in [0.25, 0.3) is 0 Å². The Morgan fingerprint density at radius 2 is 2.25 bits per heavy atom. The zero-order chi connectivity index (χ0) is 11.8. The SMILES string of the molecule is COCCNCc1nnnn1CCC(C)C. The molecule has 0 bridgehead atoms.